The summed E-state index contributed by atoms with van der Waals surface area (Å²) in [7, 11) is 0. The maximum Gasteiger partial charge on any atom is 0.319 e. The van der Waals surface area contributed by atoms with Gasteiger partial charge in [0.25, 0.3) is 5.56 Å². The lowest BCUT2D eigenvalue weighted by atomic mass is 10.2. The van der Waals surface area contributed by atoms with E-state index in [1.54, 1.807) is 12.1 Å². The van der Waals surface area contributed by atoms with Gasteiger partial charge in [-0.15, -0.1) is 10.2 Å². The fourth-order valence-corrected chi connectivity index (χ4v) is 3.82. The van der Waals surface area contributed by atoms with E-state index in [0.717, 1.165) is 19.3 Å². The van der Waals surface area contributed by atoms with Crippen LogP contribution in [0, 0.1) is 0 Å². The Morgan fingerprint density at radius 2 is 2.00 bits per heavy atom. The molecule has 4 aromatic rings. The molecule has 0 saturated carbocycles. The SMILES string of the molecule is CCCCCn1c2nc(Br)[nH]c2c(=O)n2c(CCNC(=O)Nc3ccccc3)nnc12. The zero-order valence-corrected chi connectivity index (χ0v) is 18.6. The van der Waals surface area contributed by atoms with Crippen molar-refractivity contribution in [2.45, 2.75) is 39.2 Å². The average Bonchev–Trinajstić information content (AvgIpc) is 3.35. The first kappa shape index (κ1) is 21.0. The van der Waals surface area contributed by atoms with Gasteiger partial charge in [-0.2, -0.15) is 0 Å². The topological polar surface area (TPSA) is 122 Å². The van der Waals surface area contributed by atoms with Crippen LogP contribution in [0.5, 0.6) is 0 Å². The lowest BCUT2D eigenvalue weighted by Gasteiger charge is -2.09. The van der Waals surface area contributed by atoms with E-state index in [-0.39, 0.29) is 11.6 Å². The molecule has 0 bridgehead atoms. The number of nitrogens with one attached hydrogen (secondary N) is 3. The quantitative estimate of drug-likeness (QED) is 0.261. The Balaban J connectivity index is 1.56. The summed E-state index contributed by atoms with van der Waals surface area (Å²) in [6.45, 7) is 3.12. The van der Waals surface area contributed by atoms with Gasteiger partial charge in [0, 0.05) is 25.2 Å². The molecule has 0 atom stereocenters. The van der Waals surface area contributed by atoms with Crippen molar-refractivity contribution in [3.8, 4) is 0 Å². The molecule has 4 rings (SSSR count). The number of halogens is 1. The van der Waals surface area contributed by atoms with Crippen LogP contribution >= 0.6 is 15.9 Å². The number of para-hydroxylation sites is 1. The van der Waals surface area contributed by atoms with Crippen LogP contribution in [-0.2, 0) is 13.0 Å². The van der Waals surface area contributed by atoms with E-state index in [9.17, 15) is 9.59 Å². The van der Waals surface area contributed by atoms with Gasteiger partial charge in [0.2, 0.25) is 5.78 Å². The van der Waals surface area contributed by atoms with Crippen molar-refractivity contribution >= 4 is 44.6 Å². The Bertz CT molecular complexity index is 1260. The molecule has 10 nitrogen and oxygen atoms in total. The molecule has 162 valence electrons. The third kappa shape index (κ3) is 4.46. The van der Waals surface area contributed by atoms with Gasteiger partial charge >= 0.3 is 6.03 Å². The minimum atomic E-state index is -0.322. The lowest BCUT2D eigenvalue weighted by molar-refractivity contribution is 0.252. The van der Waals surface area contributed by atoms with E-state index >= 15 is 0 Å². The molecular weight excluding hydrogens is 464 g/mol. The number of anilines is 1. The lowest BCUT2D eigenvalue weighted by Crippen LogP contribution is -2.31. The summed E-state index contributed by atoms with van der Waals surface area (Å²) in [5.41, 5.74) is 1.39. The second-order valence-electron chi connectivity index (χ2n) is 7.14. The van der Waals surface area contributed by atoms with Crippen LogP contribution in [0.2, 0.25) is 0 Å². The van der Waals surface area contributed by atoms with Crippen LogP contribution in [0.4, 0.5) is 10.5 Å². The first-order valence-electron chi connectivity index (χ1n) is 10.2. The zero-order valence-electron chi connectivity index (χ0n) is 17.1. The molecule has 3 N–H and O–H groups in total. The highest BCUT2D eigenvalue weighted by Gasteiger charge is 2.19. The normalized spacial score (nSPS) is 11.3. The molecule has 2 amide bonds. The van der Waals surface area contributed by atoms with Gasteiger partial charge in [-0.3, -0.25) is 9.36 Å². The molecule has 0 radical (unpaired) electrons. The molecule has 3 aromatic heterocycles. The highest BCUT2D eigenvalue weighted by Crippen LogP contribution is 2.16. The molecular formula is C20H23BrN8O2. The van der Waals surface area contributed by atoms with Crippen molar-refractivity contribution in [2.24, 2.45) is 0 Å². The third-order valence-electron chi connectivity index (χ3n) is 4.93. The molecule has 11 heteroatoms. The number of fused-ring (bicyclic) bond motifs is 2. The number of H-pyrrole nitrogens is 1. The van der Waals surface area contributed by atoms with Gasteiger partial charge in [-0.05, 0) is 34.5 Å². The van der Waals surface area contributed by atoms with Gasteiger partial charge in [-0.25, -0.2) is 14.2 Å². The number of hydrogen-bond acceptors (Lipinski definition) is 5. The monoisotopic (exact) mass is 486 g/mol. The standard InChI is InChI=1S/C20H23BrN8O2/c1-2-3-7-12-28-16-15(24-18(21)25-16)17(30)29-14(26-27-20(28)29)10-11-22-19(31)23-13-8-5-4-6-9-13/h4-6,8-9H,2-3,7,10-12H2,1H3,(H,24,25)(H2,22,23,31). The summed E-state index contributed by atoms with van der Waals surface area (Å²) in [6, 6.07) is 8.86. The number of aromatic nitrogens is 6. The summed E-state index contributed by atoms with van der Waals surface area (Å²) in [5, 5.41) is 14.0. The number of urea groups is 1. The molecule has 0 fully saturated rings. The highest BCUT2D eigenvalue weighted by atomic mass is 79.9. The van der Waals surface area contributed by atoms with Gasteiger partial charge in [0.15, 0.2) is 15.9 Å². The number of rotatable bonds is 8. The van der Waals surface area contributed by atoms with Gasteiger partial charge in [-0.1, -0.05) is 38.0 Å². The largest absolute Gasteiger partial charge is 0.337 e. The zero-order chi connectivity index (χ0) is 21.8. The smallest absolute Gasteiger partial charge is 0.319 e. The van der Waals surface area contributed by atoms with Crippen LogP contribution in [0.1, 0.15) is 32.0 Å². The van der Waals surface area contributed by atoms with Crippen molar-refractivity contribution in [1.82, 2.24) is 34.4 Å². The number of imidazole rings is 1. The fourth-order valence-electron chi connectivity index (χ4n) is 3.45. The van der Waals surface area contributed by atoms with Crippen molar-refractivity contribution < 1.29 is 4.79 Å². The van der Waals surface area contributed by atoms with Crippen molar-refractivity contribution in [1.29, 1.82) is 0 Å². The first-order chi connectivity index (χ1) is 15.1. The van der Waals surface area contributed by atoms with Gasteiger partial charge in [0.1, 0.15) is 5.82 Å². The minimum Gasteiger partial charge on any atom is -0.337 e. The molecule has 3 heterocycles. The molecule has 0 aliphatic rings. The van der Waals surface area contributed by atoms with E-state index in [4.69, 9.17) is 0 Å². The number of hydrogen-bond donors (Lipinski definition) is 3. The maximum absolute atomic E-state index is 13.1. The second kappa shape index (κ2) is 9.29. The predicted molar refractivity (Wildman–Crippen MR) is 121 cm³/mol. The molecule has 31 heavy (non-hydrogen) atoms. The second-order valence-corrected chi connectivity index (χ2v) is 7.89. The molecule has 0 unspecified atom stereocenters. The molecule has 0 aliphatic carbocycles. The first-order valence-corrected chi connectivity index (χ1v) is 11.0. The number of unbranched alkanes of at least 4 members (excludes halogenated alkanes) is 2. The summed E-state index contributed by atoms with van der Waals surface area (Å²) in [5.74, 6) is 0.938. The molecule has 1 aromatic carbocycles. The summed E-state index contributed by atoms with van der Waals surface area (Å²) in [4.78, 5) is 32.6. The summed E-state index contributed by atoms with van der Waals surface area (Å²) >= 11 is 3.32. The number of carbonyl (C=O) groups is 1. The fraction of sp³-hybridized carbons (Fsp3) is 0.350. The molecule has 0 aliphatic heterocycles. The van der Waals surface area contributed by atoms with Crippen LogP contribution in [0.3, 0.4) is 0 Å². The Kier molecular flexibility index (Phi) is 6.31. The van der Waals surface area contributed by atoms with Crippen LogP contribution in [-0.4, -0.2) is 41.7 Å². The predicted octanol–water partition coefficient (Wildman–Crippen LogP) is 3.08. The number of nitrogens with zero attached hydrogens (tertiary/aromatic N) is 5. The number of carbonyl (C=O) groups excluding carboxylic acids is 1. The van der Waals surface area contributed by atoms with Gasteiger partial charge < -0.3 is 15.6 Å². The van der Waals surface area contributed by atoms with E-state index in [1.165, 1.54) is 4.40 Å². The van der Waals surface area contributed by atoms with Crippen molar-refractivity contribution in [2.75, 3.05) is 11.9 Å². The summed E-state index contributed by atoms with van der Waals surface area (Å²) < 4.78 is 3.90. The molecule has 0 saturated heterocycles. The number of amides is 2. The Hall–Kier alpha value is -3.21. The number of benzene rings is 1. The van der Waals surface area contributed by atoms with Crippen LogP contribution < -0.4 is 16.2 Å². The van der Waals surface area contributed by atoms with Crippen LogP contribution in [0.15, 0.2) is 39.9 Å². The molecule has 0 spiro atoms. The van der Waals surface area contributed by atoms with E-state index < -0.39 is 0 Å². The third-order valence-corrected chi connectivity index (χ3v) is 5.31. The van der Waals surface area contributed by atoms with Crippen LogP contribution in [0.25, 0.3) is 16.9 Å². The highest BCUT2D eigenvalue weighted by molar-refractivity contribution is 9.10. The minimum absolute atomic E-state index is 0.260. The Morgan fingerprint density at radius 1 is 1.19 bits per heavy atom. The summed E-state index contributed by atoms with van der Waals surface area (Å²) in [6.07, 6.45) is 3.44. The number of aromatic amines is 1. The number of aryl methyl sites for hydroxylation is 1. The van der Waals surface area contributed by atoms with Gasteiger partial charge in [0.05, 0.1) is 0 Å². The maximum atomic E-state index is 13.1. The van der Waals surface area contributed by atoms with E-state index in [1.807, 2.05) is 22.8 Å². The Morgan fingerprint density at radius 3 is 2.77 bits per heavy atom. The van der Waals surface area contributed by atoms with Crippen molar-refractivity contribution in [3.63, 3.8) is 0 Å². The van der Waals surface area contributed by atoms with E-state index in [0.29, 0.717) is 52.7 Å². The average molecular weight is 487 g/mol. The van der Waals surface area contributed by atoms with E-state index in [2.05, 4.69) is 53.7 Å². The Labute approximate surface area is 186 Å². The van der Waals surface area contributed by atoms with Crippen molar-refractivity contribution in [3.05, 3.63) is 51.2 Å².